The molecule has 0 saturated heterocycles. The largest absolute Gasteiger partial charge is 0.423 e. The highest BCUT2D eigenvalue weighted by Crippen LogP contribution is 2.30. The lowest BCUT2D eigenvalue weighted by atomic mass is 10.0. The van der Waals surface area contributed by atoms with Crippen LogP contribution in [-0.4, -0.2) is 11.9 Å². The number of rotatable bonds is 13. The molecule has 4 nitrogen and oxygen atoms in total. The second-order valence-corrected chi connectivity index (χ2v) is 9.23. The average Bonchev–Trinajstić information content (AvgIpc) is 2.61. The highest BCUT2D eigenvalue weighted by Gasteiger charge is 2.15. The number of hydrogen-bond acceptors (Lipinski definition) is 4. The fourth-order valence-corrected chi connectivity index (χ4v) is 2.98. The number of hydrogen-bond donors (Lipinski definition) is 0. The van der Waals surface area contributed by atoms with Crippen molar-refractivity contribution >= 4 is 11.9 Å². The maximum Gasteiger partial charge on any atom is 0.311 e. The van der Waals surface area contributed by atoms with Crippen molar-refractivity contribution in [3.63, 3.8) is 0 Å². The number of ether oxygens (including phenoxy) is 2. The molecule has 1 aromatic rings. The third-order valence-electron chi connectivity index (χ3n) is 4.79. The number of esters is 2. The minimum atomic E-state index is -0.280. The molecule has 0 atom stereocenters. The summed E-state index contributed by atoms with van der Waals surface area (Å²) in [6.45, 7) is 12.9. The molecule has 0 amide bonds. The maximum atomic E-state index is 12.3. The van der Waals surface area contributed by atoms with Gasteiger partial charge in [-0.3, -0.25) is 9.59 Å². The first kappa shape index (κ1) is 25.2. The molecule has 0 heterocycles. The van der Waals surface area contributed by atoms with Crippen molar-refractivity contribution in [2.24, 2.45) is 17.8 Å². The summed E-state index contributed by atoms with van der Waals surface area (Å²) in [4.78, 5) is 24.5. The molecule has 0 aromatic heterocycles. The molecule has 0 unspecified atom stereocenters. The lowest BCUT2D eigenvalue weighted by Gasteiger charge is -2.13. The molecule has 0 radical (unpaired) electrons. The van der Waals surface area contributed by atoms with E-state index in [9.17, 15) is 9.59 Å². The number of carbonyl (C=O) groups excluding carboxylic acids is 2. The van der Waals surface area contributed by atoms with Gasteiger partial charge in [-0.25, -0.2) is 0 Å². The van der Waals surface area contributed by atoms with Gasteiger partial charge in [-0.15, -0.1) is 0 Å². The molecule has 4 heteroatoms. The van der Waals surface area contributed by atoms with Crippen LogP contribution in [0.2, 0.25) is 0 Å². The second kappa shape index (κ2) is 13.4. The van der Waals surface area contributed by atoms with Gasteiger partial charge in [0.25, 0.3) is 0 Å². The Morgan fingerprint density at radius 2 is 1.21 bits per heavy atom. The highest BCUT2D eigenvalue weighted by atomic mass is 16.6. The van der Waals surface area contributed by atoms with Gasteiger partial charge in [-0.2, -0.15) is 0 Å². The summed E-state index contributed by atoms with van der Waals surface area (Å²) in [7, 11) is 0. The Labute approximate surface area is 177 Å². The van der Waals surface area contributed by atoms with Crippen LogP contribution < -0.4 is 9.47 Å². The van der Waals surface area contributed by atoms with Crippen LogP contribution in [0.3, 0.4) is 0 Å². The van der Waals surface area contributed by atoms with E-state index < -0.39 is 0 Å². The predicted molar refractivity (Wildman–Crippen MR) is 118 cm³/mol. The first-order valence-electron chi connectivity index (χ1n) is 11.2. The van der Waals surface area contributed by atoms with Crippen molar-refractivity contribution in [1.82, 2.24) is 0 Å². The van der Waals surface area contributed by atoms with E-state index in [0.29, 0.717) is 42.1 Å². The van der Waals surface area contributed by atoms with Gasteiger partial charge in [0.05, 0.1) is 0 Å². The number of carbonyl (C=O) groups is 2. The standard InChI is InChI=1S/C25H40O4/c1-18(2)9-7-11-24(26)28-22-16-15-21(14-13-20(5)6)17-23(22)29-25(27)12-8-10-19(3)4/h15-20H,7-14H2,1-6H3. The summed E-state index contributed by atoms with van der Waals surface area (Å²) < 4.78 is 11.1. The SMILES string of the molecule is CC(C)CCCC(=O)Oc1ccc(CCC(C)C)cc1OC(=O)CCCC(C)C. The highest BCUT2D eigenvalue weighted by molar-refractivity contribution is 5.76. The van der Waals surface area contributed by atoms with Crippen molar-refractivity contribution in [1.29, 1.82) is 0 Å². The summed E-state index contributed by atoms with van der Waals surface area (Å²) in [6, 6.07) is 5.56. The molecule has 0 aliphatic rings. The van der Waals surface area contributed by atoms with Crippen LogP contribution in [0.4, 0.5) is 0 Å². The maximum absolute atomic E-state index is 12.3. The van der Waals surface area contributed by atoms with Crippen molar-refractivity contribution in [3.05, 3.63) is 23.8 Å². The summed E-state index contributed by atoms with van der Waals surface area (Å²) in [5.74, 6) is 1.86. The molecule has 164 valence electrons. The molecule has 0 saturated carbocycles. The Morgan fingerprint density at radius 3 is 1.69 bits per heavy atom. The smallest absolute Gasteiger partial charge is 0.311 e. The Kier molecular flexibility index (Phi) is 11.6. The van der Waals surface area contributed by atoms with Crippen LogP contribution in [0.1, 0.15) is 92.1 Å². The van der Waals surface area contributed by atoms with Gasteiger partial charge >= 0.3 is 11.9 Å². The van der Waals surface area contributed by atoms with Crippen molar-refractivity contribution in [2.45, 2.75) is 92.9 Å². The van der Waals surface area contributed by atoms with Gasteiger partial charge < -0.3 is 9.47 Å². The zero-order valence-corrected chi connectivity index (χ0v) is 19.3. The summed E-state index contributed by atoms with van der Waals surface area (Å²) in [6.07, 6.45) is 6.27. The van der Waals surface area contributed by atoms with E-state index in [-0.39, 0.29) is 11.9 Å². The van der Waals surface area contributed by atoms with Gasteiger partial charge in [0, 0.05) is 12.8 Å². The molecule has 0 aliphatic heterocycles. The topological polar surface area (TPSA) is 52.6 Å². The average molecular weight is 405 g/mol. The Hall–Kier alpha value is -1.84. The molecule has 0 fully saturated rings. The molecular weight excluding hydrogens is 364 g/mol. The van der Waals surface area contributed by atoms with E-state index in [1.807, 2.05) is 12.1 Å². The van der Waals surface area contributed by atoms with E-state index in [1.54, 1.807) is 6.07 Å². The van der Waals surface area contributed by atoms with Crippen LogP contribution in [0.25, 0.3) is 0 Å². The van der Waals surface area contributed by atoms with Crippen molar-refractivity contribution in [2.75, 3.05) is 0 Å². The molecule has 1 rings (SSSR count). The van der Waals surface area contributed by atoms with Gasteiger partial charge in [0.15, 0.2) is 11.5 Å². The Balaban J connectivity index is 2.81. The van der Waals surface area contributed by atoms with Crippen LogP contribution in [-0.2, 0) is 16.0 Å². The lowest BCUT2D eigenvalue weighted by molar-refractivity contribution is -0.137. The molecule has 0 N–H and O–H groups in total. The second-order valence-electron chi connectivity index (χ2n) is 9.23. The fraction of sp³-hybridized carbons (Fsp3) is 0.680. The Bertz CT molecular complexity index is 632. The van der Waals surface area contributed by atoms with Gasteiger partial charge in [-0.05, 0) is 61.1 Å². The molecule has 0 spiro atoms. The first-order chi connectivity index (χ1) is 13.7. The quantitative estimate of drug-likeness (QED) is 0.270. The van der Waals surface area contributed by atoms with E-state index in [2.05, 4.69) is 41.5 Å². The molecular formula is C25H40O4. The lowest BCUT2D eigenvalue weighted by Crippen LogP contribution is -2.12. The van der Waals surface area contributed by atoms with E-state index in [4.69, 9.17) is 9.47 Å². The minimum Gasteiger partial charge on any atom is -0.423 e. The van der Waals surface area contributed by atoms with Gasteiger partial charge in [0.1, 0.15) is 0 Å². The van der Waals surface area contributed by atoms with E-state index >= 15 is 0 Å². The van der Waals surface area contributed by atoms with E-state index in [1.165, 1.54) is 0 Å². The van der Waals surface area contributed by atoms with Gasteiger partial charge in [0.2, 0.25) is 0 Å². The predicted octanol–water partition coefficient (Wildman–Crippen LogP) is 6.74. The third-order valence-corrected chi connectivity index (χ3v) is 4.79. The normalized spacial score (nSPS) is 11.3. The zero-order chi connectivity index (χ0) is 21.8. The molecule has 1 aromatic carbocycles. The summed E-state index contributed by atoms with van der Waals surface area (Å²) >= 11 is 0. The zero-order valence-electron chi connectivity index (χ0n) is 19.3. The fourth-order valence-electron chi connectivity index (χ4n) is 2.98. The van der Waals surface area contributed by atoms with Gasteiger partial charge in [-0.1, -0.05) is 60.5 Å². The van der Waals surface area contributed by atoms with Crippen molar-refractivity contribution in [3.8, 4) is 11.5 Å². The molecule has 29 heavy (non-hydrogen) atoms. The van der Waals surface area contributed by atoms with Crippen LogP contribution in [0.15, 0.2) is 18.2 Å². The summed E-state index contributed by atoms with van der Waals surface area (Å²) in [5.41, 5.74) is 1.09. The minimum absolute atomic E-state index is 0.274. The van der Waals surface area contributed by atoms with Crippen LogP contribution >= 0.6 is 0 Å². The molecule has 0 aliphatic carbocycles. The first-order valence-corrected chi connectivity index (χ1v) is 11.2. The third kappa shape index (κ3) is 11.7. The van der Waals surface area contributed by atoms with E-state index in [0.717, 1.165) is 44.1 Å². The number of benzene rings is 1. The monoisotopic (exact) mass is 404 g/mol. The van der Waals surface area contributed by atoms with Crippen LogP contribution in [0, 0.1) is 17.8 Å². The van der Waals surface area contributed by atoms with Crippen molar-refractivity contribution < 1.29 is 19.1 Å². The number of aryl methyl sites for hydroxylation is 1. The van der Waals surface area contributed by atoms with Crippen LogP contribution in [0.5, 0.6) is 11.5 Å². The Morgan fingerprint density at radius 1 is 0.724 bits per heavy atom. The molecule has 0 bridgehead atoms. The summed E-state index contributed by atoms with van der Waals surface area (Å²) in [5, 5.41) is 0.